The van der Waals surface area contributed by atoms with Crippen LogP contribution in [0.1, 0.15) is 24.2 Å². The number of ether oxygens (including phenoxy) is 2. The van der Waals surface area contributed by atoms with Gasteiger partial charge in [0.2, 0.25) is 0 Å². The first kappa shape index (κ1) is 17.5. The molecule has 0 N–H and O–H groups in total. The second-order valence-electron chi connectivity index (χ2n) is 5.40. The van der Waals surface area contributed by atoms with Crippen LogP contribution < -0.4 is 9.47 Å². The van der Waals surface area contributed by atoms with Crippen LogP contribution in [-0.4, -0.2) is 42.6 Å². The molecule has 4 nitrogen and oxygen atoms in total. The molecule has 0 fully saturated rings. The highest BCUT2D eigenvalue weighted by atomic mass is 32.2. The summed E-state index contributed by atoms with van der Waals surface area (Å²) in [5.41, 5.74) is 1.73. The molecular formula is C18H23NO3S. The maximum absolute atomic E-state index is 12.6. The zero-order chi connectivity index (χ0) is 16.8. The lowest BCUT2D eigenvalue weighted by atomic mass is 10.1. The molecule has 2 rings (SSSR count). The molecule has 124 valence electrons. The van der Waals surface area contributed by atoms with Crippen molar-refractivity contribution in [3.8, 4) is 11.5 Å². The number of carbonyl (C=O) groups is 1. The number of rotatable bonds is 7. The molecule has 0 saturated carbocycles. The van der Waals surface area contributed by atoms with Crippen molar-refractivity contribution in [3.05, 3.63) is 47.7 Å². The van der Waals surface area contributed by atoms with Gasteiger partial charge in [-0.05, 0) is 44.4 Å². The monoisotopic (exact) mass is 333 g/mol. The summed E-state index contributed by atoms with van der Waals surface area (Å²) >= 11 is 1.57. The maximum Gasteiger partial charge on any atom is 0.182 e. The zero-order valence-corrected chi connectivity index (χ0v) is 14.9. The largest absolute Gasteiger partial charge is 0.493 e. The van der Waals surface area contributed by atoms with Crippen molar-refractivity contribution in [2.45, 2.75) is 19.9 Å². The molecule has 23 heavy (non-hydrogen) atoms. The van der Waals surface area contributed by atoms with Crippen molar-refractivity contribution in [1.82, 2.24) is 4.90 Å². The summed E-state index contributed by atoms with van der Waals surface area (Å²) in [6.07, 6.45) is 8.10. The Morgan fingerprint density at radius 2 is 2.13 bits per heavy atom. The molecule has 5 heteroatoms. The fourth-order valence-corrected chi connectivity index (χ4v) is 2.72. The van der Waals surface area contributed by atoms with Crippen LogP contribution in [0.2, 0.25) is 0 Å². The minimum absolute atomic E-state index is 0.0663. The fourth-order valence-electron chi connectivity index (χ4n) is 2.48. The molecule has 1 aromatic rings. The number of allylic oxidation sites excluding steroid dienone is 3. The molecule has 0 aromatic heterocycles. The van der Waals surface area contributed by atoms with E-state index in [0.29, 0.717) is 29.5 Å². The average Bonchev–Trinajstić information content (AvgIpc) is 2.56. The molecule has 1 atom stereocenters. The van der Waals surface area contributed by atoms with Gasteiger partial charge in [0.25, 0.3) is 0 Å². The quantitative estimate of drug-likeness (QED) is 0.561. The first-order chi connectivity index (χ1) is 11.1. The van der Waals surface area contributed by atoms with Crippen LogP contribution in [0.15, 0.2) is 42.1 Å². The van der Waals surface area contributed by atoms with E-state index in [-0.39, 0.29) is 11.8 Å². The highest BCUT2D eigenvalue weighted by molar-refractivity contribution is 7.98. The van der Waals surface area contributed by atoms with E-state index in [1.54, 1.807) is 37.1 Å². The highest BCUT2D eigenvalue weighted by Crippen LogP contribution is 2.29. The van der Waals surface area contributed by atoms with E-state index in [4.69, 9.17) is 9.47 Å². The van der Waals surface area contributed by atoms with Gasteiger partial charge in [0, 0.05) is 17.3 Å². The number of hydrogen-bond acceptors (Lipinski definition) is 5. The van der Waals surface area contributed by atoms with E-state index in [0.717, 1.165) is 5.70 Å². The van der Waals surface area contributed by atoms with Crippen LogP contribution in [0.25, 0.3) is 0 Å². The van der Waals surface area contributed by atoms with Crippen molar-refractivity contribution in [2.24, 2.45) is 0 Å². The molecule has 0 radical (unpaired) electrons. The van der Waals surface area contributed by atoms with Gasteiger partial charge < -0.3 is 14.4 Å². The first-order valence-electron chi connectivity index (χ1n) is 7.51. The molecule has 1 aliphatic heterocycles. The van der Waals surface area contributed by atoms with Gasteiger partial charge in [-0.3, -0.25) is 4.79 Å². The number of nitrogens with zero attached hydrogens (tertiary/aromatic N) is 1. The van der Waals surface area contributed by atoms with Gasteiger partial charge in [0.15, 0.2) is 17.3 Å². The van der Waals surface area contributed by atoms with Gasteiger partial charge >= 0.3 is 0 Å². The molecule has 1 aromatic carbocycles. The summed E-state index contributed by atoms with van der Waals surface area (Å²) in [5.74, 6) is 1.83. The Balaban J connectivity index is 2.16. The lowest BCUT2D eigenvalue weighted by molar-refractivity contribution is 0.0938. The molecule has 1 aliphatic rings. The summed E-state index contributed by atoms with van der Waals surface area (Å²) < 4.78 is 10.9. The molecule has 1 unspecified atom stereocenters. The van der Waals surface area contributed by atoms with E-state index in [1.165, 1.54) is 0 Å². The normalized spacial score (nSPS) is 17.0. The van der Waals surface area contributed by atoms with E-state index in [1.807, 2.05) is 25.3 Å². The molecule has 0 amide bonds. The first-order valence-corrected chi connectivity index (χ1v) is 8.91. The van der Waals surface area contributed by atoms with Crippen LogP contribution in [0.4, 0.5) is 0 Å². The SMILES string of the molecule is COc1ccc(C(=O)CN2C(C)=CC=CC2C)cc1OCSC. The van der Waals surface area contributed by atoms with Crippen LogP contribution in [0.3, 0.4) is 0 Å². The number of carbonyl (C=O) groups excluding carboxylic acids is 1. The Labute approximate surface area is 142 Å². The summed E-state index contributed by atoms with van der Waals surface area (Å²) in [5, 5.41) is 0. The summed E-state index contributed by atoms with van der Waals surface area (Å²) in [6, 6.07) is 5.55. The number of thioether (sulfide) groups is 1. The van der Waals surface area contributed by atoms with Crippen molar-refractivity contribution >= 4 is 17.5 Å². The Morgan fingerprint density at radius 3 is 2.78 bits per heavy atom. The molecule has 0 bridgehead atoms. The molecular weight excluding hydrogens is 310 g/mol. The van der Waals surface area contributed by atoms with Crippen LogP contribution in [0.5, 0.6) is 11.5 Å². The van der Waals surface area contributed by atoms with E-state index < -0.39 is 0 Å². The Bertz CT molecular complexity index is 625. The number of hydrogen-bond donors (Lipinski definition) is 0. The number of benzene rings is 1. The van der Waals surface area contributed by atoms with E-state index >= 15 is 0 Å². The third-order valence-corrected chi connectivity index (χ3v) is 4.16. The fraction of sp³-hybridized carbons (Fsp3) is 0.389. The Kier molecular flexibility index (Phi) is 6.16. The smallest absolute Gasteiger partial charge is 0.182 e. The van der Waals surface area contributed by atoms with Crippen LogP contribution >= 0.6 is 11.8 Å². The third-order valence-electron chi connectivity index (χ3n) is 3.80. The summed E-state index contributed by atoms with van der Waals surface area (Å²) in [7, 11) is 1.60. The highest BCUT2D eigenvalue weighted by Gasteiger charge is 2.19. The second kappa shape index (κ2) is 8.11. The van der Waals surface area contributed by atoms with E-state index in [2.05, 4.69) is 17.9 Å². The molecule has 1 heterocycles. The van der Waals surface area contributed by atoms with Crippen molar-refractivity contribution in [2.75, 3.05) is 25.8 Å². The van der Waals surface area contributed by atoms with Gasteiger partial charge in [-0.25, -0.2) is 0 Å². The topological polar surface area (TPSA) is 38.8 Å². The minimum Gasteiger partial charge on any atom is -0.493 e. The van der Waals surface area contributed by atoms with Crippen LogP contribution in [-0.2, 0) is 0 Å². The van der Waals surface area contributed by atoms with Crippen molar-refractivity contribution < 1.29 is 14.3 Å². The summed E-state index contributed by atoms with van der Waals surface area (Å²) in [6.45, 7) is 4.46. The van der Waals surface area contributed by atoms with Crippen molar-refractivity contribution in [3.63, 3.8) is 0 Å². The summed E-state index contributed by atoms with van der Waals surface area (Å²) in [4.78, 5) is 14.7. The lowest BCUT2D eigenvalue weighted by Gasteiger charge is -2.31. The lowest BCUT2D eigenvalue weighted by Crippen LogP contribution is -2.36. The van der Waals surface area contributed by atoms with Crippen molar-refractivity contribution in [1.29, 1.82) is 0 Å². The standard InChI is InChI=1S/C18H23NO3S/c1-13-6-5-7-14(2)19(13)11-16(20)15-8-9-17(21-3)18(10-15)22-12-23-4/h5-10,13H,11-12H2,1-4H3. The average molecular weight is 333 g/mol. The van der Waals surface area contributed by atoms with Gasteiger partial charge in [0.05, 0.1) is 13.7 Å². The number of ketones is 1. The van der Waals surface area contributed by atoms with Gasteiger partial charge in [0.1, 0.15) is 5.94 Å². The predicted molar refractivity (Wildman–Crippen MR) is 95.4 cm³/mol. The molecule has 0 aliphatic carbocycles. The predicted octanol–water partition coefficient (Wildman–Crippen LogP) is 3.74. The maximum atomic E-state index is 12.6. The van der Waals surface area contributed by atoms with Gasteiger partial charge in [-0.2, -0.15) is 0 Å². The second-order valence-corrected chi connectivity index (χ2v) is 6.21. The number of methoxy groups -OCH3 is 1. The van der Waals surface area contributed by atoms with Crippen LogP contribution in [0, 0.1) is 0 Å². The zero-order valence-electron chi connectivity index (χ0n) is 14.0. The Hall–Kier alpha value is -1.88. The number of Topliss-reactive ketones (excluding diaryl/α,β-unsaturated/α-hetero) is 1. The minimum atomic E-state index is 0.0663. The molecule has 0 spiro atoms. The van der Waals surface area contributed by atoms with E-state index in [9.17, 15) is 4.79 Å². The van der Waals surface area contributed by atoms with Gasteiger partial charge in [-0.15, -0.1) is 11.8 Å². The van der Waals surface area contributed by atoms with Gasteiger partial charge in [-0.1, -0.05) is 12.2 Å². The molecule has 0 saturated heterocycles. The Morgan fingerprint density at radius 1 is 1.35 bits per heavy atom. The third kappa shape index (κ3) is 4.32.